The summed E-state index contributed by atoms with van der Waals surface area (Å²) in [7, 11) is 0. The molecule has 148 valence electrons. The number of aromatic hydroxyl groups is 1. The maximum Gasteiger partial charge on any atom is 0.343 e. The number of fused-ring (bicyclic) bond motifs is 5. The molecule has 0 bridgehead atoms. The maximum absolute atomic E-state index is 13.1. The summed E-state index contributed by atoms with van der Waals surface area (Å²) in [6, 6.07) is 6.97. The minimum absolute atomic E-state index is 0.0854. The highest BCUT2D eigenvalue weighted by atomic mass is 16.6. The highest BCUT2D eigenvalue weighted by Crippen LogP contribution is 2.39. The summed E-state index contributed by atoms with van der Waals surface area (Å²) in [5, 5.41) is 21.9. The van der Waals surface area contributed by atoms with E-state index in [1.165, 1.54) is 0 Å². The molecule has 0 aliphatic carbocycles. The first-order valence-corrected chi connectivity index (χ1v) is 9.40. The van der Waals surface area contributed by atoms with Gasteiger partial charge in [-0.25, -0.2) is 9.78 Å². The van der Waals surface area contributed by atoms with Gasteiger partial charge in [0.1, 0.15) is 12.4 Å². The van der Waals surface area contributed by atoms with Crippen molar-refractivity contribution in [3.8, 4) is 17.1 Å². The van der Waals surface area contributed by atoms with Gasteiger partial charge in [0.15, 0.2) is 5.60 Å². The number of phenolic OH excluding ortho intramolecular Hbond substituents is 1. The van der Waals surface area contributed by atoms with E-state index in [0.29, 0.717) is 27.9 Å². The lowest BCUT2D eigenvalue weighted by Crippen LogP contribution is -2.44. The number of phenols is 1. The molecule has 0 fully saturated rings. The van der Waals surface area contributed by atoms with Crippen LogP contribution in [0.3, 0.4) is 0 Å². The smallest absolute Gasteiger partial charge is 0.343 e. The van der Waals surface area contributed by atoms with Crippen LogP contribution in [0, 0.1) is 0 Å². The van der Waals surface area contributed by atoms with Crippen molar-refractivity contribution >= 4 is 16.9 Å². The summed E-state index contributed by atoms with van der Waals surface area (Å²) in [5.74, 6) is -0.664. The summed E-state index contributed by atoms with van der Waals surface area (Å²) in [4.78, 5) is 30.0. The van der Waals surface area contributed by atoms with Gasteiger partial charge >= 0.3 is 5.97 Å². The Morgan fingerprint density at radius 2 is 2.10 bits per heavy atom. The normalized spacial score (nSPS) is 19.6. The minimum Gasteiger partial charge on any atom is -0.507 e. The van der Waals surface area contributed by atoms with Gasteiger partial charge in [-0.05, 0) is 24.6 Å². The van der Waals surface area contributed by atoms with Crippen LogP contribution in [0.1, 0.15) is 35.6 Å². The van der Waals surface area contributed by atoms with Crippen LogP contribution in [-0.2, 0) is 34.8 Å². The lowest BCUT2D eigenvalue weighted by Gasteiger charge is -2.31. The van der Waals surface area contributed by atoms with Gasteiger partial charge in [0.2, 0.25) is 0 Å². The van der Waals surface area contributed by atoms with Crippen molar-refractivity contribution in [2.45, 2.75) is 38.6 Å². The number of aromatic nitrogens is 2. The average molecular weight is 393 g/mol. The number of carbonyl (C=O) groups is 1. The molecule has 4 N–H and O–H groups in total. The largest absolute Gasteiger partial charge is 0.507 e. The summed E-state index contributed by atoms with van der Waals surface area (Å²) >= 11 is 0. The molecule has 29 heavy (non-hydrogen) atoms. The van der Waals surface area contributed by atoms with Crippen LogP contribution in [0.15, 0.2) is 29.1 Å². The van der Waals surface area contributed by atoms with Crippen LogP contribution in [0.5, 0.6) is 5.75 Å². The third kappa shape index (κ3) is 2.24. The molecule has 1 atom stereocenters. The number of rotatable bonds is 2. The number of cyclic esters (lactones) is 1. The van der Waals surface area contributed by atoms with E-state index in [-0.39, 0.29) is 48.6 Å². The van der Waals surface area contributed by atoms with Gasteiger partial charge in [0, 0.05) is 28.6 Å². The zero-order chi connectivity index (χ0) is 20.5. The van der Waals surface area contributed by atoms with Crippen LogP contribution in [-0.4, -0.2) is 25.7 Å². The molecule has 0 radical (unpaired) electrons. The van der Waals surface area contributed by atoms with Crippen molar-refractivity contribution in [3.63, 3.8) is 0 Å². The first kappa shape index (κ1) is 17.8. The van der Waals surface area contributed by atoms with E-state index in [9.17, 15) is 19.8 Å². The predicted molar refractivity (Wildman–Crippen MR) is 104 cm³/mol. The van der Waals surface area contributed by atoms with Crippen LogP contribution < -0.4 is 11.3 Å². The number of aliphatic hydroxyl groups is 1. The topological polar surface area (TPSA) is 128 Å². The first-order chi connectivity index (χ1) is 13.9. The second-order valence-corrected chi connectivity index (χ2v) is 7.44. The second-order valence-electron chi connectivity index (χ2n) is 7.44. The standard InChI is InChI=1S/C21H19N3O5/c1-2-21(28)14-6-16-17-11(8-24(16)19(26)13(14)9-29-20(21)27)5-12-15(23-17)4-3-10(7-22)18(12)25/h3-6,25,28H,2,7-9,22H2,1H3. The zero-order valence-electron chi connectivity index (χ0n) is 15.7. The van der Waals surface area contributed by atoms with E-state index >= 15 is 0 Å². The van der Waals surface area contributed by atoms with Gasteiger partial charge in [-0.1, -0.05) is 13.0 Å². The van der Waals surface area contributed by atoms with Gasteiger partial charge in [0.25, 0.3) is 5.56 Å². The van der Waals surface area contributed by atoms with E-state index in [1.54, 1.807) is 29.7 Å². The van der Waals surface area contributed by atoms with Crippen molar-refractivity contribution in [2.75, 3.05) is 0 Å². The molecule has 8 heteroatoms. The molecule has 5 rings (SSSR count). The molecule has 0 saturated carbocycles. The van der Waals surface area contributed by atoms with E-state index in [2.05, 4.69) is 4.98 Å². The third-order valence-corrected chi connectivity index (χ3v) is 5.97. The lowest BCUT2D eigenvalue weighted by atomic mass is 9.86. The molecule has 0 amide bonds. The Kier molecular flexibility index (Phi) is 3.62. The molecule has 1 unspecified atom stereocenters. The zero-order valence-corrected chi connectivity index (χ0v) is 15.7. The van der Waals surface area contributed by atoms with Crippen molar-refractivity contribution in [2.24, 2.45) is 5.73 Å². The Morgan fingerprint density at radius 1 is 1.31 bits per heavy atom. The number of nitrogens with zero attached hydrogens (tertiary/aromatic N) is 2. The molecule has 2 aliphatic rings. The van der Waals surface area contributed by atoms with Gasteiger partial charge in [-0.2, -0.15) is 0 Å². The molecule has 3 aromatic rings. The Morgan fingerprint density at radius 3 is 2.83 bits per heavy atom. The van der Waals surface area contributed by atoms with E-state index in [0.717, 1.165) is 5.56 Å². The molecular weight excluding hydrogens is 374 g/mol. The fraction of sp³-hybridized carbons (Fsp3) is 0.286. The van der Waals surface area contributed by atoms with Crippen LogP contribution >= 0.6 is 0 Å². The van der Waals surface area contributed by atoms with Crippen molar-refractivity contribution in [1.29, 1.82) is 0 Å². The molecule has 2 aliphatic heterocycles. The quantitative estimate of drug-likeness (QED) is 0.437. The minimum atomic E-state index is -1.85. The van der Waals surface area contributed by atoms with Gasteiger partial charge < -0.3 is 25.3 Å². The second kappa shape index (κ2) is 5.88. The number of carbonyl (C=O) groups excluding carboxylic acids is 1. The molecule has 0 saturated heterocycles. The van der Waals surface area contributed by atoms with Crippen molar-refractivity contribution < 1.29 is 19.7 Å². The molecule has 2 aromatic heterocycles. The number of nitrogens with two attached hydrogens (primary N) is 1. The fourth-order valence-electron chi connectivity index (χ4n) is 4.25. The average Bonchev–Trinajstić information content (AvgIpc) is 3.08. The SMILES string of the molecule is CCC1(O)C(=O)OCc2c1cc1n(c2=O)Cc2cc3c(O)c(CN)ccc3nc2-1. The Balaban J connectivity index is 1.78. The Bertz CT molecular complexity index is 1280. The molecular formula is C21H19N3O5. The van der Waals surface area contributed by atoms with Crippen LogP contribution in [0.25, 0.3) is 22.3 Å². The van der Waals surface area contributed by atoms with E-state index in [4.69, 9.17) is 10.5 Å². The summed E-state index contributed by atoms with van der Waals surface area (Å²) in [5.41, 5.74) is 7.16. The van der Waals surface area contributed by atoms with Crippen LogP contribution in [0.4, 0.5) is 0 Å². The Hall–Kier alpha value is -3.23. The van der Waals surface area contributed by atoms with Crippen molar-refractivity contribution in [3.05, 3.63) is 56.9 Å². The number of ether oxygens (including phenoxy) is 1. The highest BCUT2D eigenvalue weighted by molar-refractivity contribution is 5.90. The summed E-state index contributed by atoms with van der Waals surface area (Å²) in [6.45, 7) is 1.99. The number of esters is 1. The third-order valence-electron chi connectivity index (χ3n) is 5.97. The van der Waals surface area contributed by atoms with Gasteiger partial charge in [0.05, 0.1) is 29.0 Å². The fourth-order valence-corrected chi connectivity index (χ4v) is 4.25. The van der Waals surface area contributed by atoms with Gasteiger partial charge in [-0.3, -0.25) is 4.79 Å². The predicted octanol–water partition coefficient (Wildman–Crippen LogP) is 1.24. The highest BCUT2D eigenvalue weighted by Gasteiger charge is 2.45. The molecule has 4 heterocycles. The van der Waals surface area contributed by atoms with Crippen LogP contribution in [0.2, 0.25) is 0 Å². The number of benzene rings is 1. The number of pyridine rings is 2. The number of hydrogen-bond donors (Lipinski definition) is 3. The van der Waals surface area contributed by atoms with Gasteiger partial charge in [-0.15, -0.1) is 0 Å². The summed E-state index contributed by atoms with van der Waals surface area (Å²) in [6.07, 6.45) is 0.0927. The van der Waals surface area contributed by atoms with E-state index < -0.39 is 11.6 Å². The summed E-state index contributed by atoms with van der Waals surface area (Å²) < 4.78 is 6.63. The number of hydrogen-bond acceptors (Lipinski definition) is 7. The maximum atomic E-state index is 13.1. The lowest BCUT2D eigenvalue weighted by molar-refractivity contribution is -0.172. The molecule has 8 nitrogen and oxygen atoms in total. The van der Waals surface area contributed by atoms with Crippen molar-refractivity contribution in [1.82, 2.24) is 9.55 Å². The monoisotopic (exact) mass is 393 g/mol. The molecule has 0 spiro atoms. The molecule has 1 aromatic carbocycles. The van der Waals surface area contributed by atoms with E-state index in [1.807, 2.05) is 6.07 Å². The first-order valence-electron chi connectivity index (χ1n) is 9.40. The Labute approximate surface area is 165 Å².